The van der Waals surface area contributed by atoms with Crippen molar-refractivity contribution in [1.82, 2.24) is 0 Å². The Balaban J connectivity index is 2.18. The van der Waals surface area contributed by atoms with Crippen molar-refractivity contribution in [3.63, 3.8) is 0 Å². The van der Waals surface area contributed by atoms with Crippen molar-refractivity contribution in [2.45, 2.75) is 63.2 Å². The Labute approximate surface area is 161 Å². The second-order valence-corrected chi connectivity index (χ2v) is 8.07. The largest absolute Gasteiger partial charge is 0.508 e. The molecule has 2 N–H and O–H groups in total. The summed E-state index contributed by atoms with van der Waals surface area (Å²) in [5.74, 6) is 0.516. The van der Waals surface area contributed by atoms with Crippen molar-refractivity contribution in [2.75, 3.05) is 0 Å². The fourth-order valence-corrected chi connectivity index (χ4v) is 3.83. The van der Waals surface area contributed by atoms with Crippen LogP contribution in [0.3, 0.4) is 0 Å². The van der Waals surface area contributed by atoms with Crippen molar-refractivity contribution >= 4 is 10.1 Å². The fourth-order valence-electron chi connectivity index (χ4n) is 3.05. The second kappa shape index (κ2) is 10.3. The minimum absolute atomic E-state index is 0.250. The summed E-state index contributed by atoms with van der Waals surface area (Å²) in [7, 11) is -4.47. The minimum Gasteiger partial charge on any atom is -0.508 e. The molecule has 0 heterocycles. The van der Waals surface area contributed by atoms with Crippen LogP contribution in [0.15, 0.2) is 47.4 Å². The molecule has 0 bridgehead atoms. The molecule has 0 atom stereocenters. The van der Waals surface area contributed by atoms with Gasteiger partial charge in [0.15, 0.2) is 0 Å². The highest BCUT2D eigenvalue weighted by molar-refractivity contribution is 7.85. The standard InChI is InChI=1S/C21H28O5S/c1-2-3-4-5-6-7-11-14-19-20(26-18-12-9-8-10-13-18)15-17(22)16-21(19)27(23,24)25/h8-10,12-13,15-16,22H,2-7,11,14H2,1H3,(H,23,24,25). The third-order valence-electron chi connectivity index (χ3n) is 4.43. The van der Waals surface area contributed by atoms with Crippen LogP contribution in [-0.2, 0) is 16.5 Å². The number of ether oxygens (including phenoxy) is 1. The van der Waals surface area contributed by atoms with Gasteiger partial charge in [0.25, 0.3) is 10.1 Å². The molecule has 0 unspecified atom stereocenters. The van der Waals surface area contributed by atoms with Crippen LogP contribution < -0.4 is 4.74 Å². The van der Waals surface area contributed by atoms with Gasteiger partial charge in [0.1, 0.15) is 22.1 Å². The lowest BCUT2D eigenvalue weighted by Gasteiger charge is -2.15. The van der Waals surface area contributed by atoms with Crippen molar-refractivity contribution in [1.29, 1.82) is 0 Å². The number of hydrogen-bond donors (Lipinski definition) is 2. The highest BCUT2D eigenvalue weighted by Gasteiger charge is 2.21. The van der Waals surface area contributed by atoms with E-state index in [1.165, 1.54) is 31.7 Å². The molecule has 0 aromatic heterocycles. The monoisotopic (exact) mass is 392 g/mol. The number of phenolic OH excluding ortho intramolecular Hbond substituents is 1. The van der Waals surface area contributed by atoms with E-state index in [1.54, 1.807) is 24.3 Å². The van der Waals surface area contributed by atoms with E-state index >= 15 is 0 Å². The molecule has 0 radical (unpaired) electrons. The molecule has 0 saturated heterocycles. The van der Waals surface area contributed by atoms with Gasteiger partial charge in [0.2, 0.25) is 0 Å². The summed E-state index contributed by atoms with van der Waals surface area (Å²) in [6.07, 6.45) is 8.12. The molecule has 0 amide bonds. The number of unbranched alkanes of at least 4 members (excludes halogenated alkanes) is 6. The second-order valence-electron chi connectivity index (χ2n) is 6.68. The molecule has 2 aromatic carbocycles. The van der Waals surface area contributed by atoms with Gasteiger partial charge in [-0.05, 0) is 25.0 Å². The smallest absolute Gasteiger partial charge is 0.295 e. The van der Waals surface area contributed by atoms with Gasteiger partial charge in [0.05, 0.1) is 0 Å². The van der Waals surface area contributed by atoms with Crippen molar-refractivity contribution in [3.8, 4) is 17.2 Å². The Kier molecular flexibility index (Phi) is 8.13. The van der Waals surface area contributed by atoms with E-state index in [-0.39, 0.29) is 16.4 Å². The molecule has 2 aromatic rings. The number of phenols is 1. The number of benzene rings is 2. The van der Waals surface area contributed by atoms with Crippen LogP contribution in [0.1, 0.15) is 57.4 Å². The number of para-hydroxylation sites is 1. The van der Waals surface area contributed by atoms with Crippen LogP contribution >= 0.6 is 0 Å². The van der Waals surface area contributed by atoms with E-state index in [2.05, 4.69) is 6.92 Å². The Bertz CT molecular complexity index is 816. The zero-order chi connectivity index (χ0) is 19.7. The van der Waals surface area contributed by atoms with Gasteiger partial charge in [-0.2, -0.15) is 8.42 Å². The van der Waals surface area contributed by atoms with Gasteiger partial charge in [-0.3, -0.25) is 4.55 Å². The van der Waals surface area contributed by atoms with Crippen LogP contribution in [0.25, 0.3) is 0 Å². The quantitative estimate of drug-likeness (QED) is 0.377. The van der Waals surface area contributed by atoms with Crippen molar-refractivity contribution < 1.29 is 22.8 Å². The van der Waals surface area contributed by atoms with Crippen LogP contribution in [-0.4, -0.2) is 18.1 Å². The van der Waals surface area contributed by atoms with E-state index in [1.807, 2.05) is 6.07 Å². The maximum atomic E-state index is 11.8. The van der Waals surface area contributed by atoms with Crippen LogP contribution in [0.4, 0.5) is 0 Å². The first-order valence-corrected chi connectivity index (χ1v) is 10.9. The summed E-state index contributed by atoms with van der Waals surface area (Å²) in [5, 5.41) is 9.90. The number of rotatable bonds is 11. The molecule has 27 heavy (non-hydrogen) atoms. The Morgan fingerprint density at radius 2 is 1.56 bits per heavy atom. The Morgan fingerprint density at radius 1 is 0.926 bits per heavy atom. The zero-order valence-corrected chi connectivity index (χ0v) is 16.5. The number of aromatic hydroxyl groups is 1. The normalized spacial score (nSPS) is 11.5. The van der Waals surface area contributed by atoms with Crippen LogP contribution in [0.2, 0.25) is 0 Å². The van der Waals surface area contributed by atoms with E-state index in [0.717, 1.165) is 25.3 Å². The first kappa shape index (κ1) is 21.3. The van der Waals surface area contributed by atoms with Gasteiger partial charge in [-0.25, -0.2) is 0 Å². The fraction of sp³-hybridized carbons (Fsp3) is 0.429. The summed E-state index contributed by atoms with van der Waals surface area (Å²) in [5.41, 5.74) is 0.396. The molecule has 0 saturated carbocycles. The average Bonchev–Trinajstić information content (AvgIpc) is 2.62. The average molecular weight is 393 g/mol. The first-order valence-electron chi connectivity index (χ1n) is 9.48. The summed E-state index contributed by atoms with van der Waals surface area (Å²) in [6.45, 7) is 2.18. The molecule has 5 nitrogen and oxygen atoms in total. The van der Waals surface area contributed by atoms with Gasteiger partial charge >= 0.3 is 0 Å². The summed E-state index contributed by atoms with van der Waals surface area (Å²) < 4.78 is 39.0. The molecule has 0 aliphatic heterocycles. The van der Waals surface area contributed by atoms with E-state index < -0.39 is 10.1 Å². The van der Waals surface area contributed by atoms with Crippen LogP contribution in [0, 0.1) is 0 Å². The lowest BCUT2D eigenvalue weighted by Crippen LogP contribution is -2.05. The third-order valence-corrected chi connectivity index (χ3v) is 5.35. The van der Waals surface area contributed by atoms with Gasteiger partial charge < -0.3 is 9.84 Å². The predicted molar refractivity (Wildman–Crippen MR) is 106 cm³/mol. The minimum atomic E-state index is -4.47. The molecule has 0 aliphatic rings. The maximum Gasteiger partial charge on any atom is 0.295 e. The summed E-state index contributed by atoms with van der Waals surface area (Å²) in [4.78, 5) is -0.292. The van der Waals surface area contributed by atoms with E-state index in [0.29, 0.717) is 17.7 Å². The van der Waals surface area contributed by atoms with E-state index in [4.69, 9.17) is 4.74 Å². The van der Waals surface area contributed by atoms with Gasteiger partial charge in [-0.15, -0.1) is 0 Å². The number of hydrogen-bond acceptors (Lipinski definition) is 4. The summed E-state index contributed by atoms with van der Waals surface area (Å²) >= 11 is 0. The first-order chi connectivity index (χ1) is 12.9. The molecule has 0 spiro atoms. The predicted octanol–water partition coefficient (Wildman–Crippen LogP) is 5.72. The Hall–Kier alpha value is -2.05. The molecular formula is C21H28O5S. The molecule has 148 valence electrons. The van der Waals surface area contributed by atoms with Gasteiger partial charge in [0, 0.05) is 17.7 Å². The maximum absolute atomic E-state index is 11.8. The molecular weight excluding hydrogens is 364 g/mol. The lowest BCUT2D eigenvalue weighted by molar-refractivity contribution is 0.440. The van der Waals surface area contributed by atoms with Crippen molar-refractivity contribution in [2.24, 2.45) is 0 Å². The van der Waals surface area contributed by atoms with E-state index in [9.17, 15) is 18.1 Å². The molecule has 6 heteroatoms. The zero-order valence-electron chi connectivity index (χ0n) is 15.7. The summed E-state index contributed by atoms with van der Waals surface area (Å²) in [6, 6.07) is 11.4. The molecule has 2 rings (SSSR count). The SMILES string of the molecule is CCCCCCCCCc1c(Oc2ccccc2)cc(O)cc1S(=O)(=O)O. The highest BCUT2D eigenvalue weighted by Crippen LogP contribution is 2.35. The molecule has 0 fully saturated rings. The highest BCUT2D eigenvalue weighted by atomic mass is 32.2. The molecule has 0 aliphatic carbocycles. The Morgan fingerprint density at radius 3 is 2.19 bits per heavy atom. The third kappa shape index (κ3) is 6.88. The lowest BCUT2D eigenvalue weighted by atomic mass is 10.0. The van der Waals surface area contributed by atoms with Crippen molar-refractivity contribution in [3.05, 3.63) is 48.0 Å². The van der Waals surface area contributed by atoms with Crippen LogP contribution in [0.5, 0.6) is 17.2 Å². The topological polar surface area (TPSA) is 83.8 Å². The van der Waals surface area contributed by atoms with Gasteiger partial charge in [-0.1, -0.05) is 63.6 Å².